The average molecular weight is 350 g/mol. The molecule has 2 aromatic rings. The number of para-hydroxylation sites is 2. The van der Waals surface area contributed by atoms with Gasteiger partial charge in [0.05, 0.1) is 16.8 Å². The quantitative estimate of drug-likeness (QED) is 0.803. The predicted octanol–water partition coefficient (Wildman–Crippen LogP) is 3.37. The Hall–Kier alpha value is -1.40. The van der Waals surface area contributed by atoms with Crippen molar-refractivity contribution in [3.63, 3.8) is 0 Å². The van der Waals surface area contributed by atoms with Crippen LogP contribution in [0.2, 0.25) is 0 Å². The van der Waals surface area contributed by atoms with Crippen LogP contribution in [-0.4, -0.2) is 41.1 Å². The molecular formula is C18H27N3O2S. The van der Waals surface area contributed by atoms with Gasteiger partial charge in [-0.2, -0.15) is 0 Å². The maximum absolute atomic E-state index is 12.4. The number of fused-ring (bicyclic) bond motifs is 1. The van der Waals surface area contributed by atoms with E-state index in [-0.39, 0.29) is 11.7 Å². The van der Waals surface area contributed by atoms with E-state index in [0.29, 0.717) is 19.5 Å². The molecule has 0 aliphatic carbocycles. The topological polar surface area (TPSA) is 55.2 Å². The zero-order valence-electron chi connectivity index (χ0n) is 14.6. The minimum absolute atomic E-state index is 0.185. The van der Waals surface area contributed by atoms with E-state index in [1.807, 2.05) is 25.1 Å². The molecule has 1 aliphatic heterocycles. The lowest BCUT2D eigenvalue weighted by atomic mass is 9.99. The van der Waals surface area contributed by atoms with Crippen molar-refractivity contribution in [3.8, 4) is 0 Å². The Morgan fingerprint density at radius 1 is 1.21 bits per heavy atom. The van der Waals surface area contributed by atoms with Gasteiger partial charge in [-0.05, 0) is 37.8 Å². The molecule has 6 heteroatoms. The first-order chi connectivity index (χ1) is 11.6. The second kappa shape index (κ2) is 7.23. The Balaban J connectivity index is 1.93. The van der Waals surface area contributed by atoms with E-state index >= 15 is 0 Å². The highest BCUT2D eigenvalue weighted by molar-refractivity contribution is 7.89. The van der Waals surface area contributed by atoms with Crippen LogP contribution in [0, 0.1) is 0 Å². The second-order valence-electron chi connectivity index (χ2n) is 6.62. The molecule has 0 amide bonds. The molecule has 0 spiro atoms. The molecule has 1 aromatic heterocycles. The van der Waals surface area contributed by atoms with E-state index in [1.54, 1.807) is 4.31 Å². The molecule has 1 atom stereocenters. The highest BCUT2D eigenvalue weighted by atomic mass is 32.2. The van der Waals surface area contributed by atoms with Gasteiger partial charge in [-0.3, -0.25) is 0 Å². The van der Waals surface area contributed by atoms with Crippen LogP contribution in [0.15, 0.2) is 24.3 Å². The first kappa shape index (κ1) is 17.4. The van der Waals surface area contributed by atoms with Crippen LogP contribution in [0.5, 0.6) is 0 Å². The molecule has 0 radical (unpaired) electrons. The number of rotatable bonds is 6. The van der Waals surface area contributed by atoms with Crippen molar-refractivity contribution in [1.29, 1.82) is 0 Å². The maximum Gasteiger partial charge on any atom is 0.214 e. The summed E-state index contributed by atoms with van der Waals surface area (Å²) in [4.78, 5) is 4.86. The Labute approximate surface area is 144 Å². The Bertz CT molecular complexity index is 798. The third-order valence-corrected chi connectivity index (χ3v) is 6.78. The first-order valence-electron chi connectivity index (χ1n) is 8.99. The van der Waals surface area contributed by atoms with Gasteiger partial charge in [-0.25, -0.2) is 17.7 Å². The van der Waals surface area contributed by atoms with E-state index in [0.717, 1.165) is 42.7 Å². The van der Waals surface area contributed by atoms with Crippen LogP contribution < -0.4 is 0 Å². The highest BCUT2D eigenvalue weighted by Gasteiger charge is 2.31. The van der Waals surface area contributed by atoms with Gasteiger partial charge in [0, 0.05) is 25.6 Å². The minimum Gasteiger partial charge on any atom is -0.328 e. The first-order valence-corrected chi connectivity index (χ1v) is 10.6. The SMILES string of the molecule is CCCn1c(C2CCCN(S(=O)(=O)CCC)C2)nc2ccccc21. The third kappa shape index (κ3) is 3.35. The van der Waals surface area contributed by atoms with Crippen molar-refractivity contribution in [2.24, 2.45) is 0 Å². The van der Waals surface area contributed by atoms with Gasteiger partial charge in [0.1, 0.15) is 5.82 Å². The fourth-order valence-electron chi connectivity index (χ4n) is 3.66. The van der Waals surface area contributed by atoms with Gasteiger partial charge < -0.3 is 4.57 Å². The predicted molar refractivity (Wildman–Crippen MR) is 97.6 cm³/mol. The van der Waals surface area contributed by atoms with Gasteiger partial charge in [0.25, 0.3) is 0 Å². The fraction of sp³-hybridized carbons (Fsp3) is 0.611. The van der Waals surface area contributed by atoms with Gasteiger partial charge in [0.2, 0.25) is 10.0 Å². The molecule has 132 valence electrons. The zero-order chi connectivity index (χ0) is 17.2. The van der Waals surface area contributed by atoms with Crippen molar-refractivity contribution in [1.82, 2.24) is 13.9 Å². The molecule has 1 fully saturated rings. The van der Waals surface area contributed by atoms with Gasteiger partial charge in [0.15, 0.2) is 0 Å². The van der Waals surface area contributed by atoms with Crippen molar-refractivity contribution in [2.75, 3.05) is 18.8 Å². The highest BCUT2D eigenvalue weighted by Crippen LogP contribution is 2.30. The van der Waals surface area contributed by atoms with Gasteiger partial charge >= 0.3 is 0 Å². The van der Waals surface area contributed by atoms with Crippen molar-refractivity contribution in [3.05, 3.63) is 30.1 Å². The Morgan fingerprint density at radius 2 is 2.00 bits per heavy atom. The van der Waals surface area contributed by atoms with Crippen LogP contribution in [0.1, 0.15) is 51.3 Å². The molecule has 1 aromatic carbocycles. The smallest absolute Gasteiger partial charge is 0.214 e. The summed E-state index contributed by atoms with van der Waals surface area (Å²) in [5.41, 5.74) is 2.16. The van der Waals surface area contributed by atoms with Crippen molar-refractivity contribution >= 4 is 21.1 Å². The van der Waals surface area contributed by atoms with Gasteiger partial charge in [-0.15, -0.1) is 0 Å². The number of nitrogens with zero attached hydrogens (tertiary/aromatic N) is 3. The summed E-state index contributed by atoms with van der Waals surface area (Å²) < 4.78 is 28.9. The number of hydrogen-bond donors (Lipinski definition) is 0. The second-order valence-corrected chi connectivity index (χ2v) is 8.71. The maximum atomic E-state index is 12.4. The summed E-state index contributed by atoms with van der Waals surface area (Å²) in [6.45, 7) is 6.22. The summed E-state index contributed by atoms with van der Waals surface area (Å²) in [6, 6.07) is 8.20. The van der Waals surface area contributed by atoms with E-state index < -0.39 is 10.0 Å². The van der Waals surface area contributed by atoms with Crippen LogP contribution in [0.25, 0.3) is 11.0 Å². The molecule has 1 saturated heterocycles. The van der Waals surface area contributed by atoms with Crippen LogP contribution in [-0.2, 0) is 16.6 Å². The number of imidazole rings is 1. The van der Waals surface area contributed by atoms with Gasteiger partial charge in [-0.1, -0.05) is 26.0 Å². The summed E-state index contributed by atoms with van der Waals surface area (Å²) in [6.07, 6.45) is 3.61. The van der Waals surface area contributed by atoms with E-state index in [2.05, 4.69) is 17.6 Å². The molecule has 0 bridgehead atoms. The summed E-state index contributed by atoms with van der Waals surface area (Å²) in [5.74, 6) is 1.48. The fourth-order valence-corrected chi connectivity index (χ4v) is 5.25. The lowest BCUT2D eigenvalue weighted by Crippen LogP contribution is -2.40. The third-order valence-electron chi connectivity index (χ3n) is 4.74. The number of hydrogen-bond acceptors (Lipinski definition) is 3. The number of benzene rings is 1. The van der Waals surface area contributed by atoms with Crippen LogP contribution in [0.4, 0.5) is 0 Å². The Morgan fingerprint density at radius 3 is 2.75 bits per heavy atom. The average Bonchev–Trinajstić information content (AvgIpc) is 2.94. The van der Waals surface area contributed by atoms with E-state index in [1.165, 1.54) is 0 Å². The zero-order valence-corrected chi connectivity index (χ0v) is 15.4. The van der Waals surface area contributed by atoms with E-state index in [9.17, 15) is 8.42 Å². The standard InChI is InChI=1S/C18H27N3O2S/c1-3-11-21-17-10-6-5-9-16(17)19-18(21)15-8-7-12-20(14-15)24(22,23)13-4-2/h5-6,9-10,15H,3-4,7-8,11-14H2,1-2H3. The largest absolute Gasteiger partial charge is 0.328 e. The molecule has 0 saturated carbocycles. The Kier molecular flexibility index (Phi) is 5.25. The molecular weight excluding hydrogens is 322 g/mol. The lowest BCUT2D eigenvalue weighted by Gasteiger charge is -2.31. The number of piperidine rings is 1. The normalized spacial score (nSPS) is 19.8. The number of aryl methyl sites for hydroxylation is 1. The van der Waals surface area contributed by atoms with E-state index in [4.69, 9.17) is 4.98 Å². The molecule has 1 unspecified atom stereocenters. The molecule has 0 N–H and O–H groups in total. The van der Waals surface area contributed by atoms with Crippen LogP contribution >= 0.6 is 0 Å². The monoisotopic (exact) mass is 349 g/mol. The molecule has 24 heavy (non-hydrogen) atoms. The van der Waals surface area contributed by atoms with Crippen molar-refractivity contribution in [2.45, 2.75) is 52.0 Å². The molecule has 3 rings (SSSR count). The molecule has 1 aliphatic rings. The van der Waals surface area contributed by atoms with Crippen molar-refractivity contribution < 1.29 is 8.42 Å². The molecule has 2 heterocycles. The number of sulfonamides is 1. The van der Waals surface area contributed by atoms with Crippen LogP contribution in [0.3, 0.4) is 0 Å². The summed E-state index contributed by atoms with van der Waals surface area (Å²) in [7, 11) is -3.13. The number of aromatic nitrogens is 2. The summed E-state index contributed by atoms with van der Waals surface area (Å²) in [5, 5.41) is 0. The lowest BCUT2D eigenvalue weighted by molar-refractivity contribution is 0.305. The minimum atomic E-state index is -3.13. The summed E-state index contributed by atoms with van der Waals surface area (Å²) >= 11 is 0. The molecule has 5 nitrogen and oxygen atoms in total.